The normalized spacial score (nSPS) is 11.0. The Bertz CT molecular complexity index is 1090. The van der Waals surface area contributed by atoms with Crippen LogP contribution in [0, 0.1) is 0 Å². The average molecular weight is 368 g/mol. The zero-order chi connectivity index (χ0) is 19.2. The van der Waals surface area contributed by atoms with Crippen molar-refractivity contribution in [3.63, 3.8) is 0 Å². The van der Waals surface area contributed by atoms with Gasteiger partial charge in [0.15, 0.2) is 0 Å². The molecule has 28 heavy (non-hydrogen) atoms. The van der Waals surface area contributed by atoms with E-state index in [2.05, 4.69) is 4.98 Å². The third kappa shape index (κ3) is 4.18. The van der Waals surface area contributed by atoms with Gasteiger partial charge in [0.1, 0.15) is 18.1 Å². The van der Waals surface area contributed by atoms with Gasteiger partial charge >= 0.3 is 0 Å². The van der Waals surface area contributed by atoms with Crippen molar-refractivity contribution in [1.82, 2.24) is 9.97 Å². The summed E-state index contributed by atoms with van der Waals surface area (Å²) < 4.78 is 11.2. The van der Waals surface area contributed by atoms with Crippen LogP contribution in [0.5, 0.6) is 11.6 Å². The first-order valence-electron chi connectivity index (χ1n) is 9.07. The lowest BCUT2D eigenvalue weighted by Gasteiger charge is -2.09. The molecule has 0 fully saturated rings. The molecule has 0 radical (unpaired) electrons. The number of aromatic nitrogens is 2. The van der Waals surface area contributed by atoms with Crippen molar-refractivity contribution < 1.29 is 9.47 Å². The summed E-state index contributed by atoms with van der Waals surface area (Å²) in [5.41, 5.74) is 4.48. The first kappa shape index (κ1) is 17.7. The Hall–Kier alpha value is -3.66. The molecule has 4 rings (SSSR count). The quantitative estimate of drug-likeness (QED) is 0.458. The van der Waals surface area contributed by atoms with Gasteiger partial charge in [0.25, 0.3) is 0 Å². The Morgan fingerprint density at radius 2 is 1.43 bits per heavy atom. The summed E-state index contributed by atoms with van der Waals surface area (Å²) in [6.45, 7) is 0.442. The highest BCUT2D eigenvalue weighted by Gasteiger charge is 2.08. The monoisotopic (exact) mass is 368 g/mol. The third-order valence-electron chi connectivity index (χ3n) is 4.33. The fraction of sp³-hybridized carbons (Fsp3) is 0.0833. The number of hydrogen-bond donors (Lipinski definition) is 0. The van der Waals surface area contributed by atoms with E-state index in [-0.39, 0.29) is 0 Å². The van der Waals surface area contributed by atoms with E-state index in [1.807, 2.05) is 91.0 Å². The largest absolute Gasteiger partial charge is 0.497 e. The second kappa shape index (κ2) is 8.35. The minimum atomic E-state index is 0.442. The zero-order valence-electron chi connectivity index (χ0n) is 15.6. The highest BCUT2D eigenvalue weighted by Crippen LogP contribution is 2.22. The van der Waals surface area contributed by atoms with E-state index < -0.39 is 0 Å². The van der Waals surface area contributed by atoms with Gasteiger partial charge in [-0.25, -0.2) is 9.97 Å². The lowest BCUT2D eigenvalue weighted by molar-refractivity contribution is 0.293. The van der Waals surface area contributed by atoms with Crippen molar-refractivity contribution in [1.29, 1.82) is 0 Å². The maximum atomic E-state index is 6.01. The van der Waals surface area contributed by atoms with Crippen molar-refractivity contribution in [2.45, 2.75) is 6.61 Å². The highest BCUT2D eigenvalue weighted by molar-refractivity contribution is 5.79. The first-order chi connectivity index (χ1) is 13.8. The third-order valence-corrected chi connectivity index (χ3v) is 4.33. The van der Waals surface area contributed by atoms with Crippen molar-refractivity contribution in [2.24, 2.45) is 0 Å². The van der Waals surface area contributed by atoms with Crippen LogP contribution >= 0.6 is 0 Å². The molecule has 1 aromatic heterocycles. The molecule has 0 aliphatic rings. The minimum Gasteiger partial charge on any atom is -0.497 e. The molecule has 3 aromatic carbocycles. The number of fused-ring (bicyclic) bond motifs is 1. The molecule has 4 heteroatoms. The van der Waals surface area contributed by atoms with E-state index in [1.54, 1.807) is 7.11 Å². The average Bonchev–Trinajstić information content (AvgIpc) is 2.77. The minimum absolute atomic E-state index is 0.442. The van der Waals surface area contributed by atoms with E-state index in [4.69, 9.17) is 14.5 Å². The molecule has 0 saturated carbocycles. The van der Waals surface area contributed by atoms with Crippen LogP contribution in [-0.2, 0) is 6.61 Å². The molecule has 0 bridgehead atoms. The van der Waals surface area contributed by atoms with Crippen molar-refractivity contribution in [3.8, 4) is 11.6 Å². The lowest BCUT2D eigenvalue weighted by atomic mass is 10.2. The number of methoxy groups -OCH3 is 1. The van der Waals surface area contributed by atoms with Crippen LogP contribution in [0.2, 0.25) is 0 Å². The molecular formula is C24H20N2O2. The van der Waals surface area contributed by atoms with Crippen LogP contribution in [0.4, 0.5) is 0 Å². The van der Waals surface area contributed by atoms with Gasteiger partial charge in [-0.3, -0.25) is 0 Å². The van der Waals surface area contributed by atoms with Gasteiger partial charge in [0, 0.05) is 0 Å². The van der Waals surface area contributed by atoms with E-state index in [0.29, 0.717) is 18.2 Å². The summed E-state index contributed by atoms with van der Waals surface area (Å²) in [4.78, 5) is 9.41. The first-order valence-corrected chi connectivity index (χ1v) is 9.07. The number of hydrogen-bond acceptors (Lipinski definition) is 4. The maximum Gasteiger partial charge on any atom is 0.240 e. The topological polar surface area (TPSA) is 44.2 Å². The summed E-state index contributed by atoms with van der Waals surface area (Å²) in [6, 6.07) is 25.7. The smallest absolute Gasteiger partial charge is 0.240 e. The van der Waals surface area contributed by atoms with Crippen molar-refractivity contribution in [2.75, 3.05) is 7.11 Å². The van der Waals surface area contributed by atoms with Crippen LogP contribution in [0.25, 0.3) is 23.2 Å². The Morgan fingerprint density at radius 1 is 0.750 bits per heavy atom. The fourth-order valence-electron chi connectivity index (χ4n) is 2.83. The molecule has 0 unspecified atom stereocenters. The number of para-hydroxylation sites is 2. The molecule has 138 valence electrons. The van der Waals surface area contributed by atoms with E-state index in [1.165, 1.54) is 0 Å². The Balaban J connectivity index is 1.64. The van der Waals surface area contributed by atoms with Gasteiger partial charge < -0.3 is 9.47 Å². The summed E-state index contributed by atoms with van der Waals surface area (Å²) >= 11 is 0. The number of rotatable bonds is 6. The molecule has 0 aliphatic heterocycles. The fourth-order valence-corrected chi connectivity index (χ4v) is 2.83. The molecule has 0 amide bonds. The predicted molar refractivity (Wildman–Crippen MR) is 112 cm³/mol. The summed E-state index contributed by atoms with van der Waals surface area (Å²) in [7, 11) is 1.66. The number of ether oxygens (including phenoxy) is 2. The SMILES string of the molecule is COc1ccc(C=Cc2nc3ccccc3nc2OCc2ccccc2)cc1. The molecule has 0 N–H and O–H groups in total. The Morgan fingerprint density at radius 3 is 2.14 bits per heavy atom. The van der Waals surface area contributed by atoms with E-state index in [0.717, 1.165) is 27.9 Å². The number of nitrogens with zero attached hydrogens (tertiary/aromatic N) is 2. The van der Waals surface area contributed by atoms with Gasteiger partial charge in [0.05, 0.1) is 18.1 Å². The van der Waals surface area contributed by atoms with Crippen LogP contribution in [0.1, 0.15) is 16.8 Å². The second-order valence-electron chi connectivity index (χ2n) is 6.28. The zero-order valence-corrected chi connectivity index (χ0v) is 15.6. The van der Waals surface area contributed by atoms with Gasteiger partial charge in [-0.1, -0.05) is 60.7 Å². The molecule has 1 heterocycles. The van der Waals surface area contributed by atoms with Gasteiger partial charge in [-0.15, -0.1) is 0 Å². The molecule has 0 aliphatic carbocycles. The van der Waals surface area contributed by atoms with Crippen LogP contribution in [0.15, 0.2) is 78.9 Å². The van der Waals surface area contributed by atoms with Crippen molar-refractivity contribution in [3.05, 3.63) is 95.7 Å². The summed E-state index contributed by atoms with van der Waals surface area (Å²) in [5.74, 6) is 1.35. The Kier molecular flexibility index (Phi) is 5.29. The van der Waals surface area contributed by atoms with Crippen molar-refractivity contribution >= 4 is 23.2 Å². The van der Waals surface area contributed by atoms with Gasteiger partial charge in [-0.2, -0.15) is 0 Å². The molecule has 0 spiro atoms. The molecule has 0 saturated heterocycles. The predicted octanol–water partition coefficient (Wildman–Crippen LogP) is 5.39. The van der Waals surface area contributed by atoms with Gasteiger partial charge in [-0.05, 0) is 41.5 Å². The molecule has 4 aromatic rings. The van der Waals surface area contributed by atoms with E-state index in [9.17, 15) is 0 Å². The lowest BCUT2D eigenvalue weighted by Crippen LogP contribution is -2.01. The molecular weight excluding hydrogens is 348 g/mol. The maximum absolute atomic E-state index is 6.01. The van der Waals surface area contributed by atoms with Crippen LogP contribution < -0.4 is 9.47 Å². The number of benzene rings is 3. The standard InChI is InChI=1S/C24H20N2O2/c1-27-20-14-11-18(12-15-20)13-16-23-24(28-17-19-7-3-2-4-8-19)26-22-10-6-5-9-21(22)25-23/h2-16H,17H2,1H3. The summed E-state index contributed by atoms with van der Waals surface area (Å²) in [6.07, 6.45) is 3.93. The van der Waals surface area contributed by atoms with Gasteiger partial charge in [0.2, 0.25) is 5.88 Å². The van der Waals surface area contributed by atoms with E-state index >= 15 is 0 Å². The Labute approximate surface area is 164 Å². The van der Waals surface area contributed by atoms with Crippen LogP contribution in [-0.4, -0.2) is 17.1 Å². The highest BCUT2D eigenvalue weighted by atomic mass is 16.5. The molecule has 4 nitrogen and oxygen atoms in total. The molecule has 0 atom stereocenters. The van der Waals surface area contributed by atoms with Crippen LogP contribution in [0.3, 0.4) is 0 Å². The second-order valence-corrected chi connectivity index (χ2v) is 6.28. The summed E-state index contributed by atoms with van der Waals surface area (Å²) in [5, 5.41) is 0.